The van der Waals surface area contributed by atoms with E-state index in [1.165, 1.54) is 17.3 Å². The van der Waals surface area contributed by atoms with Crippen molar-refractivity contribution in [3.05, 3.63) is 0 Å². The third kappa shape index (κ3) is 52.6. The molecule has 0 amide bonds. The molecule has 0 fully saturated rings. The van der Waals surface area contributed by atoms with Crippen molar-refractivity contribution in [3.63, 3.8) is 0 Å². The molecule has 0 unspecified atom stereocenters. The van der Waals surface area contributed by atoms with Crippen LogP contribution in [0.2, 0.25) is 4.44 Å². The first-order valence-electron chi connectivity index (χ1n) is 3.40. The van der Waals surface area contributed by atoms with Crippen LogP contribution in [-0.2, 0) is 0 Å². The molecule has 0 saturated heterocycles. The molecule has 0 rings (SSSR count). The van der Waals surface area contributed by atoms with Gasteiger partial charge in [0.15, 0.2) is 0 Å². The normalized spacial score (nSPS) is 8.78. The second-order valence-corrected chi connectivity index (χ2v) is 3.87. The number of hydrogen-bond acceptors (Lipinski definition) is 1. The quantitative estimate of drug-likeness (QED) is 0.656. The Morgan fingerprint density at radius 3 is 1.56 bits per heavy atom. The molecule has 1 nitrogen and oxygen atoms in total. The molecule has 0 aromatic heterocycles. The molecular weight excluding hydrogens is 217 g/mol. The van der Waals surface area contributed by atoms with E-state index in [2.05, 4.69) is 6.92 Å². The second kappa shape index (κ2) is 11.5. The monoisotopic (exact) mass is 236 g/mol. The van der Waals surface area contributed by atoms with Crippen molar-refractivity contribution in [1.29, 1.82) is 0 Å². The maximum absolute atomic E-state index is 2.23. The van der Waals surface area contributed by atoms with Gasteiger partial charge in [-0.3, -0.25) is 0 Å². The van der Waals surface area contributed by atoms with Crippen LogP contribution in [0.4, 0.5) is 0 Å². The zero-order valence-electron chi connectivity index (χ0n) is 7.07. The van der Waals surface area contributed by atoms with Crippen molar-refractivity contribution in [1.82, 2.24) is 4.90 Å². The van der Waals surface area contributed by atoms with E-state index in [-0.39, 0.29) is 0 Å². The predicted octanol–water partition coefficient (Wildman–Crippen LogP) is 1.55. The molecule has 0 aromatic rings. The van der Waals surface area contributed by atoms with Gasteiger partial charge in [-0.2, -0.15) is 0 Å². The van der Waals surface area contributed by atoms with E-state index in [1.807, 2.05) is 26.0 Å². The minimum Gasteiger partial charge on any atom is -0.312 e. The summed E-state index contributed by atoms with van der Waals surface area (Å²) in [6.45, 7) is 2.23. The van der Waals surface area contributed by atoms with Crippen LogP contribution in [0.3, 0.4) is 0 Å². The molecule has 0 atom stereocenters. The maximum atomic E-state index is 2.23. The van der Waals surface area contributed by atoms with Gasteiger partial charge in [0.2, 0.25) is 0 Å². The van der Waals surface area contributed by atoms with Gasteiger partial charge in [0.25, 0.3) is 0 Å². The molecule has 0 heterocycles. The van der Waals surface area contributed by atoms with Gasteiger partial charge >= 0.3 is 46.7 Å². The molecule has 0 spiro atoms. The Balaban J connectivity index is 0. The zero-order chi connectivity index (χ0) is 7.70. The fourth-order valence-corrected chi connectivity index (χ4v) is 1.19. The Morgan fingerprint density at radius 1 is 1.22 bits per heavy atom. The minimum absolute atomic E-state index is 1.37. The molecule has 0 saturated carbocycles. The molecule has 0 aliphatic carbocycles. The van der Waals surface area contributed by atoms with Crippen molar-refractivity contribution < 1.29 is 0 Å². The summed E-state index contributed by atoms with van der Waals surface area (Å²) in [6, 6.07) is 0. The average Bonchev–Trinajstić information content (AvgIpc) is 1.66. The summed E-state index contributed by atoms with van der Waals surface area (Å²) in [5, 5.41) is 0. The van der Waals surface area contributed by atoms with E-state index in [0.717, 1.165) is 0 Å². The summed E-state index contributed by atoms with van der Waals surface area (Å²) in [7, 11) is 6.00. The van der Waals surface area contributed by atoms with E-state index in [9.17, 15) is 0 Å². The molecule has 0 aliphatic heterocycles. The van der Waals surface area contributed by atoms with Gasteiger partial charge in [-0.1, -0.05) is 0 Å². The molecule has 0 N–H and O–H groups in total. The molecule has 9 heavy (non-hydrogen) atoms. The van der Waals surface area contributed by atoms with E-state index in [0.29, 0.717) is 0 Å². The van der Waals surface area contributed by atoms with Crippen LogP contribution >= 0.6 is 0 Å². The van der Waals surface area contributed by atoms with Gasteiger partial charge in [0, 0.05) is 0 Å². The van der Waals surface area contributed by atoms with Gasteiger partial charge in [-0.05, 0) is 21.1 Å². The second-order valence-electron chi connectivity index (χ2n) is 2.45. The topological polar surface area (TPSA) is 3.24 Å². The standard InChI is InChI=1S/C4H9.C3H9N.Sn/c1-3-4-2;1-4(2)3;/h1,3-4H2,2H3;1-3H3;/q;;+3. The molecule has 0 aliphatic rings. The fourth-order valence-electron chi connectivity index (χ4n) is 0.177. The predicted molar refractivity (Wildman–Crippen MR) is 45.1 cm³/mol. The molecule has 0 bridgehead atoms. The number of nitrogens with zero attached hydrogens (tertiary/aromatic N) is 1. The van der Waals surface area contributed by atoms with E-state index >= 15 is 0 Å². The van der Waals surface area contributed by atoms with Crippen LogP contribution in [0.5, 0.6) is 0 Å². The number of hydrogen-bond donors (Lipinski definition) is 0. The van der Waals surface area contributed by atoms with Crippen LogP contribution in [0.1, 0.15) is 19.8 Å². The summed E-state index contributed by atoms with van der Waals surface area (Å²) in [5.74, 6) is 0. The minimum atomic E-state index is 1.37. The molecule has 0 aromatic carbocycles. The Labute approximate surface area is 72.9 Å². The molecule has 2 heteroatoms. The molecule has 52 valence electrons. The van der Waals surface area contributed by atoms with Crippen molar-refractivity contribution in [2.45, 2.75) is 24.2 Å². The molecular formula is C7H18NSn+3. The van der Waals surface area contributed by atoms with Gasteiger partial charge < -0.3 is 4.90 Å². The largest absolute Gasteiger partial charge is 0.312 e. The summed E-state index contributed by atoms with van der Waals surface area (Å²) in [4.78, 5) is 2.00. The summed E-state index contributed by atoms with van der Waals surface area (Å²) in [6.07, 6.45) is 2.80. The number of unbranched alkanes of at least 4 members (excludes halogenated alkanes) is 1. The summed E-state index contributed by atoms with van der Waals surface area (Å²) < 4.78 is 1.43. The van der Waals surface area contributed by atoms with Crippen LogP contribution in [-0.4, -0.2) is 48.6 Å². The first kappa shape index (κ1) is 12.4. The van der Waals surface area contributed by atoms with Crippen LogP contribution in [0.15, 0.2) is 0 Å². The van der Waals surface area contributed by atoms with E-state index in [4.69, 9.17) is 0 Å². The van der Waals surface area contributed by atoms with Crippen molar-refractivity contribution in [2.75, 3.05) is 21.1 Å². The summed E-state index contributed by atoms with van der Waals surface area (Å²) >= 11 is 1.68. The van der Waals surface area contributed by atoms with Crippen LogP contribution in [0, 0.1) is 0 Å². The fraction of sp³-hybridized carbons (Fsp3) is 1.00. The third-order valence-corrected chi connectivity index (χ3v) is 1.54. The van der Waals surface area contributed by atoms with Gasteiger partial charge in [0.1, 0.15) is 0 Å². The smallest absolute Gasteiger partial charge is 0.0140 e. The van der Waals surface area contributed by atoms with Crippen molar-refractivity contribution in [3.8, 4) is 0 Å². The number of rotatable bonds is 2. The van der Waals surface area contributed by atoms with E-state index in [1.54, 1.807) is 22.5 Å². The molecule has 0 radical (unpaired) electrons. The average molecular weight is 235 g/mol. The Hall–Kier alpha value is 0.759. The third-order valence-electron chi connectivity index (χ3n) is 0.530. The van der Waals surface area contributed by atoms with Gasteiger partial charge in [-0.15, -0.1) is 0 Å². The Bertz CT molecular complexity index is 33.1. The summed E-state index contributed by atoms with van der Waals surface area (Å²) in [5.41, 5.74) is 0. The van der Waals surface area contributed by atoms with E-state index < -0.39 is 0 Å². The van der Waals surface area contributed by atoms with Gasteiger partial charge in [0.05, 0.1) is 0 Å². The zero-order valence-corrected chi connectivity index (χ0v) is 9.92. The SMILES string of the molecule is CCC[CH2][Sn+3].CN(C)C. The van der Waals surface area contributed by atoms with Gasteiger partial charge in [-0.25, -0.2) is 0 Å². The maximum Gasteiger partial charge on any atom is -0.0140 e. The first-order valence-corrected chi connectivity index (χ1v) is 5.42. The Morgan fingerprint density at radius 2 is 1.56 bits per heavy atom. The Kier molecular flexibility index (Phi) is 15.9. The van der Waals surface area contributed by atoms with Crippen molar-refractivity contribution >= 4 is 22.5 Å². The first-order chi connectivity index (χ1) is 4.15. The van der Waals surface area contributed by atoms with Crippen LogP contribution in [0.25, 0.3) is 0 Å². The van der Waals surface area contributed by atoms with Crippen molar-refractivity contribution in [2.24, 2.45) is 0 Å². The van der Waals surface area contributed by atoms with Crippen LogP contribution < -0.4 is 0 Å².